The highest BCUT2D eigenvalue weighted by molar-refractivity contribution is 5.85. The Morgan fingerprint density at radius 3 is 2.38 bits per heavy atom. The molecule has 0 aliphatic carbocycles. The lowest BCUT2D eigenvalue weighted by Crippen LogP contribution is -2.21. The van der Waals surface area contributed by atoms with Gasteiger partial charge in [-0.1, -0.05) is 12.1 Å². The molecule has 7 heteroatoms. The van der Waals surface area contributed by atoms with Crippen molar-refractivity contribution in [3.05, 3.63) is 60.5 Å². The number of para-hydroxylation sites is 2. The summed E-state index contributed by atoms with van der Waals surface area (Å²) in [5, 5.41) is 0. The Hall–Kier alpha value is -2.08. The van der Waals surface area contributed by atoms with Gasteiger partial charge in [0.15, 0.2) is 0 Å². The smallest absolute Gasteiger partial charge is 0.215 e. The van der Waals surface area contributed by atoms with Crippen molar-refractivity contribution in [1.82, 2.24) is 18.9 Å². The van der Waals surface area contributed by atoms with Crippen LogP contribution in [0.1, 0.15) is 19.3 Å². The van der Waals surface area contributed by atoms with Crippen molar-refractivity contribution in [2.45, 2.75) is 25.8 Å². The van der Waals surface area contributed by atoms with Gasteiger partial charge in [-0.05, 0) is 80.9 Å². The summed E-state index contributed by atoms with van der Waals surface area (Å²) in [6.45, 7) is 4.47. The maximum atomic E-state index is 13.4. The number of rotatable bonds is 5. The zero-order chi connectivity index (χ0) is 18.2. The van der Waals surface area contributed by atoms with Crippen LogP contribution < -0.4 is 0 Å². The van der Waals surface area contributed by atoms with Crippen molar-refractivity contribution in [3.8, 4) is 11.3 Å². The van der Waals surface area contributed by atoms with Gasteiger partial charge < -0.3 is 9.47 Å². The molecule has 4 aromatic rings. The van der Waals surface area contributed by atoms with Crippen molar-refractivity contribution < 1.29 is 4.39 Å². The average molecular weight is 435 g/mol. The van der Waals surface area contributed by atoms with E-state index >= 15 is 0 Å². The summed E-state index contributed by atoms with van der Waals surface area (Å²) in [7, 11) is 0. The fourth-order valence-corrected chi connectivity index (χ4v) is 4.18. The molecule has 5 rings (SSSR count). The largest absolute Gasteiger partial charge is 0.310 e. The molecule has 0 bridgehead atoms. The van der Waals surface area contributed by atoms with Crippen LogP contribution in [0, 0.1) is 5.82 Å². The molecule has 0 atom stereocenters. The normalized spacial score (nSPS) is 14.2. The molecule has 1 aliphatic rings. The van der Waals surface area contributed by atoms with Crippen molar-refractivity contribution in [1.29, 1.82) is 0 Å². The second-order valence-corrected chi connectivity index (χ2v) is 7.35. The highest BCUT2D eigenvalue weighted by atomic mass is 35.5. The summed E-state index contributed by atoms with van der Waals surface area (Å²) in [4.78, 5) is 7.41. The Morgan fingerprint density at radius 1 is 0.897 bits per heavy atom. The predicted octanol–water partition coefficient (Wildman–Crippen LogP) is 5.42. The first-order valence-corrected chi connectivity index (χ1v) is 9.74. The number of hydrogen-bond donors (Lipinski definition) is 0. The third-order valence-electron chi connectivity index (χ3n) is 5.56. The third kappa shape index (κ3) is 4.13. The molecular weight excluding hydrogens is 410 g/mol. The van der Waals surface area contributed by atoms with E-state index < -0.39 is 0 Å². The first kappa shape index (κ1) is 21.6. The lowest BCUT2D eigenvalue weighted by molar-refractivity contribution is 0.326. The number of aryl methyl sites for hydroxylation is 1. The number of nitrogens with zero attached hydrogens (tertiary/aromatic N) is 4. The molecule has 2 aromatic carbocycles. The van der Waals surface area contributed by atoms with E-state index in [1.54, 1.807) is 0 Å². The van der Waals surface area contributed by atoms with Gasteiger partial charge in [0.2, 0.25) is 5.78 Å². The highest BCUT2D eigenvalue weighted by Gasteiger charge is 2.16. The first-order valence-electron chi connectivity index (χ1n) is 9.74. The van der Waals surface area contributed by atoms with Gasteiger partial charge in [-0.2, -0.15) is 0 Å². The van der Waals surface area contributed by atoms with Crippen molar-refractivity contribution >= 4 is 41.6 Å². The Morgan fingerprint density at radius 2 is 1.62 bits per heavy atom. The van der Waals surface area contributed by atoms with E-state index in [0.717, 1.165) is 47.6 Å². The van der Waals surface area contributed by atoms with E-state index in [1.165, 1.54) is 38.1 Å². The van der Waals surface area contributed by atoms with Gasteiger partial charge >= 0.3 is 0 Å². The minimum absolute atomic E-state index is 0. The van der Waals surface area contributed by atoms with Gasteiger partial charge in [0.05, 0.1) is 16.7 Å². The fourth-order valence-electron chi connectivity index (χ4n) is 4.18. The topological polar surface area (TPSA) is 25.5 Å². The fraction of sp³-hybridized carbons (Fsp3) is 0.318. The van der Waals surface area contributed by atoms with Crippen LogP contribution >= 0.6 is 24.8 Å². The molecule has 0 saturated carbocycles. The van der Waals surface area contributed by atoms with Gasteiger partial charge in [-0.25, -0.2) is 9.37 Å². The summed E-state index contributed by atoms with van der Waals surface area (Å²) < 4.78 is 17.8. The summed E-state index contributed by atoms with van der Waals surface area (Å²) in [6.07, 6.45) is 5.86. The molecule has 154 valence electrons. The molecule has 0 amide bonds. The second-order valence-electron chi connectivity index (χ2n) is 7.35. The lowest BCUT2D eigenvalue weighted by Gasteiger charge is -2.15. The number of hydrogen-bond acceptors (Lipinski definition) is 2. The Labute approximate surface area is 182 Å². The van der Waals surface area contributed by atoms with Crippen molar-refractivity contribution in [3.63, 3.8) is 0 Å². The molecule has 1 aliphatic heterocycles. The molecule has 4 nitrogen and oxygen atoms in total. The standard InChI is InChI=1S/C22H23FN4.2ClH/c23-18-10-8-17(9-11-18)21-16-27-20-7-2-1-6-19(20)24-22(27)26(21)15-5-14-25-12-3-4-13-25;;/h1-2,6-11,16H,3-5,12-15H2;2*1H. The molecule has 0 spiro atoms. The van der Waals surface area contributed by atoms with Crippen LogP contribution in [0.3, 0.4) is 0 Å². The minimum atomic E-state index is -0.207. The Balaban J connectivity index is 0.00000120. The van der Waals surface area contributed by atoms with E-state index in [2.05, 4.69) is 32.2 Å². The number of aromatic nitrogens is 3. The van der Waals surface area contributed by atoms with Crippen LogP contribution in [0.4, 0.5) is 4.39 Å². The van der Waals surface area contributed by atoms with Gasteiger partial charge in [-0.3, -0.25) is 4.40 Å². The highest BCUT2D eigenvalue weighted by Crippen LogP contribution is 2.27. The maximum absolute atomic E-state index is 13.4. The Bertz CT molecular complexity index is 1080. The van der Waals surface area contributed by atoms with Crippen LogP contribution in [-0.2, 0) is 6.54 Å². The lowest BCUT2D eigenvalue weighted by atomic mass is 10.1. The molecule has 3 heterocycles. The van der Waals surface area contributed by atoms with Crippen LogP contribution in [0.25, 0.3) is 28.1 Å². The van der Waals surface area contributed by atoms with E-state index in [-0.39, 0.29) is 30.6 Å². The second kappa shape index (κ2) is 9.16. The zero-order valence-corrected chi connectivity index (χ0v) is 17.8. The summed E-state index contributed by atoms with van der Waals surface area (Å²) in [5.41, 5.74) is 4.22. The molecule has 0 N–H and O–H groups in total. The maximum Gasteiger partial charge on any atom is 0.215 e. The molecule has 0 unspecified atom stereocenters. The van der Waals surface area contributed by atoms with E-state index in [9.17, 15) is 4.39 Å². The molecule has 29 heavy (non-hydrogen) atoms. The summed E-state index contributed by atoms with van der Waals surface area (Å²) in [6, 6.07) is 15.0. The van der Waals surface area contributed by atoms with Gasteiger partial charge in [-0.15, -0.1) is 24.8 Å². The monoisotopic (exact) mass is 434 g/mol. The van der Waals surface area contributed by atoms with E-state index in [1.807, 2.05) is 24.3 Å². The SMILES string of the molecule is Cl.Cl.Fc1ccc(-c2cn3c4ccccc4nc3n2CCCN2CCCC2)cc1. The van der Waals surface area contributed by atoms with Gasteiger partial charge in [0, 0.05) is 12.7 Å². The van der Waals surface area contributed by atoms with Crippen LogP contribution in [0.15, 0.2) is 54.7 Å². The molecule has 1 saturated heterocycles. The predicted molar refractivity (Wildman–Crippen MR) is 121 cm³/mol. The van der Waals surface area contributed by atoms with Crippen LogP contribution in [-0.4, -0.2) is 38.5 Å². The van der Waals surface area contributed by atoms with Crippen molar-refractivity contribution in [2.24, 2.45) is 0 Å². The number of fused-ring (bicyclic) bond motifs is 3. The summed E-state index contributed by atoms with van der Waals surface area (Å²) in [5.74, 6) is 0.748. The summed E-state index contributed by atoms with van der Waals surface area (Å²) >= 11 is 0. The molecular formula is C22H25Cl2FN4. The minimum Gasteiger partial charge on any atom is -0.310 e. The average Bonchev–Trinajstić information content (AvgIpc) is 3.39. The quantitative estimate of drug-likeness (QED) is 0.418. The zero-order valence-electron chi connectivity index (χ0n) is 16.1. The number of imidazole rings is 2. The van der Waals surface area contributed by atoms with Gasteiger partial charge in [0.25, 0.3) is 0 Å². The van der Waals surface area contributed by atoms with E-state index in [0.29, 0.717) is 0 Å². The number of likely N-dealkylation sites (tertiary alicyclic amines) is 1. The number of benzene rings is 2. The molecule has 2 aromatic heterocycles. The van der Waals surface area contributed by atoms with Gasteiger partial charge in [0.1, 0.15) is 5.82 Å². The van der Waals surface area contributed by atoms with Crippen molar-refractivity contribution in [2.75, 3.05) is 19.6 Å². The molecule has 1 fully saturated rings. The van der Waals surface area contributed by atoms with Crippen LogP contribution in [0.2, 0.25) is 0 Å². The molecule has 0 radical (unpaired) electrons. The third-order valence-corrected chi connectivity index (χ3v) is 5.56. The van der Waals surface area contributed by atoms with Crippen LogP contribution in [0.5, 0.6) is 0 Å². The first-order chi connectivity index (χ1) is 13.3. The Kier molecular flexibility index (Phi) is 6.83. The van der Waals surface area contributed by atoms with E-state index in [4.69, 9.17) is 4.98 Å². The number of halogens is 3.